The van der Waals surface area contributed by atoms with E-state index in [-0.39, 0.29) is 0 Å². The predicted molar refractivity (Wildman–Crippen MR) is 44.4 cm³/mol. The monoisotopic (exact) mass is 150 g/mol. The van der Waals surface area contributed by atoms with Gasteiger partial charge in [0, 0.05) is 18.8 Å². The van der Waals surface area contributed by atoms with Crippen molar-refractivity contribution in [1.29, 1.82) is 0 Å². The SMILES string of the molecule is NC(=O)/C=C/C1=CCCN=C1. The fourth-order valence-corrected chi connectivity index (χ4v) is 0.818. The fraction of sp³-hybridized carbons (Fsp3) is 0.250. The van der Waals surface area contributed by atoms with E-state index in [0.717, 1.165) is 18.5 Å². The summed E-state index contributed by atoms with van der Waals surface area (Å²) in [7, 11) is 0. The zero-order valence-electron chi connectivity index (χ0n) is 6.16. The molecular formula is C8H10N2O. The van der Waals surface area contributed by atoms with Gasteiger partial charge in [-0.05, 0) is 18.1 Å². The summed E-state index contributed by atoms with van der Waals surface area (Å²) in [6, 6.07) is 0. The van der Waals surface area contributed by atoms with Crippen LogP contribution in [-0.2, 0) is 4.79 Å². The lowest BCUT2D eigenvalue weighted by atomic mass is 10.2. The van der Waals surface area contributed by atoms with Crippen LogP contribution in [-0.4, -0.2) is 18.7 Å². The Labute approximate surface area is 65.3 Å². The second kappa shape index (κ2) is 3.71. The highest BCUT2D eigenvalue weighted by molar-refractivity contribution is 5.90. The van der Waals surface area contributed by atoms with E-state index in [1.165, 1.54) is 6.08 Å². The molecule has 0 saturated carbocycles. The topological polar surface area (TPSA) is 55.5 Å². The van der Waals surface area contributed by atoms with Crippen LogP contribution >= 0.6 is 0 Å². The number of rotatable bonds is 2. The van der Waals surface area contributed by atoms with Crippen molar-refractivity contribution in [2.24, 2.45) is 10.7 Å². The number of nitrogens with zero attached hydrogens (tertiary/aromatic N) is 1. The van der Waals surface area contributed by atoms with Crippen LogP contribution in [0.2, 0.25) is 0 Å². The van der Waals surface area contributed by atoms with Crippen molar-refractivity contribution >= 4 is 12.1 Å². The molecule has 0 unspecified atom stereocenters. The van der Waals surface area contributed by atoms with Crippen LogP contribution in [0.5, 0.6) is 0 Å². The highest BCUT2D eigenvalue weighted by atomic mass is 16.1. The Kier molecular flexibility index (Phi) is 2.60. The van der Waals surface area contributed by atoms with Gasteiger partial charge in [0.15, 0.2) is 0 Å². The molecule has 11 heavy (non-hydrogen) atoms. The molecule has 0 radical (unpaired) electrons. The summed E-state index contributed by atoms with van der Waals surface area (Å²) < 4.78 is 0. The quantitative estimate of drug-likeness (QED) is 0.570. The molecule has 1 aliphatic rings. The molecule has 3 nitrogen and oxygen atoms in total. The number of carbonyl (C=O) groups is 1. The highest BCUT2D eigenvalue weighted by Gasteiger charge is 1.93. The zero-order valence-corrected chi connectivity index (χ0v) is 6.16. The standard InChI is InChI=1S/C8H10N2O/c9-8(11)4-3-7-2-1-5-10-6-7/h2-4,6H,1,5H2,(H2,9,11)/b4-3+. The molecule has 0 aromatic carbocycles. The van der Waals surface area contributed by atoms with Gasteiger partial charge < -0.3 is 5.73 Å². The summed E-state index contributed by atoms with van der Waals surface area (Å²) in [5.74, 6) is -0.426. The van der Waals surface area contributed by atoms with Crippen molar-refractivity contribution in [3.63, 3.8) is 0 Å². The first-order valence-corrected chi connectivity index (χ1v) is 3.46. The number of hydrogen-bond acceptors (Lipinski definition) is 2. The van der Waals surface area contributed by atoms with Crippen LogP contribution < -0.4 is 5.73 Å². The van der Waals surface area contributed by atoms with Crippen molar-refractivity contribution in [1.82, 2.24) is 0 Å². The first-order valence-electron chi connectivity index (χ1n) is 3.46. The minimum atomic E-state index is -0.426. The number of hydrogen-bond donors (Lipinski definition) is 1. The molecule has 58 valence electrons. The number of allylic oxidation sites excluding steroid dienone is 2. The number of nitrogens with two attached hydrogens (primary N) is 1. The van der Waals surface area contributed by atoms with Gasteiger partial charge in [-0.15, -0.1) is 0 Å². The maximum Gasteiger partial charge on any atom is 0.241 e. The van der Waals surface area contributed by atoms with E-state index in [1.807, 2.05) is 6.08 Å². The zero-order chi connectivity index (χ0) is 8.10. The Balaban J connectivity index is 2.55. The number of primary amides is 1. The lowest BCUT2D eigenvalue weighted by Gasteiger charge is -1.98. The molecule has 0 aromatic rings. The van der Waals surface area contributed by atoms with Crippen molar-refractivity contribution in [2.75, 3.05) is 6.54 Å². The molecule has 1 rings (SSSR count). The van der Waals surface area contributed by atoms with Gasteiger partial charge in [-0.1, -0.05) is 6.08 Å². The molecule has 1 amide bonds. The first kappa shape index (κ1) is 7.72. The maximum atomic E-state index is 10.3. The molecule has 0 aromatic heterocycles. The van der Waals surface area contributed by atoms with Crippen molar-refractivity contribution < 1.29 is 4.79 Å². The summed E-state index contributed by atoms with van der Waals surface area (Å²) in [6.45, 7) is 0.841. The lowest BCUT2D eigenvalue weighted by Crippen LogP contribution is -2.05. The summed E-state index contributed by atoms with van der Waals surface area (Å²) in [6.07, 6.45) is 7.71. The maximum absolute atomic E-state index is 10.3. The van der Waals surface area contributed by atoms with Gasteiger partial charge in [-0.3, -0.25) is 9.79 Å². The average Bonchev–Trinajstić information content (AvgIpc) is 2.03. The van der Waals surface area contributed by atoms with E-state index in [0.29, 0.717) is 0 Å². The normalized spacial score (nSPS) is 16.9. The van der Waals surface area contributed by atoms with E-state index in [1.54, 1.807) is 12.3 Å². The van der Waals surface area contributed by atoms with Crippen molar-refractivity contribution in [2.45, 2.75) is 6.42 Å². The second-order valence-corrected chi connectivity index (χ2v) is 2.26. The summed E-state index contributed by atoms with van der Waals surface area (Å²) >= 11 is 0. The molecule has 0 spiro atoms. The van der Waals surface area contributed by atoms with E-state index in [4.69, 9.17) is 5.73 Å². The Morgan fingerprint density at radius 3 is 3.09 bits per heavy atom. The largest absolute Gasteiger partial charge is 0.366 e. The van der Waals surface area contributed by atoms with Gasteiger partial charge >= 0.3 is 0 Å². The van der Waals surface area contributed by atoms with E-state index >= 15 is 0 Å². The van der Waals surface area contributed by atoms with Crippen LogP contribution in [0.1, 0.15) is 6.42 Å². The summed E-state index contributed by atoms with van der Waals surface area (Å²) in [5, 5.41) is 0. The number of carbonyl (C=O) groups excluding carboxylic acids is 1. The van der Waals surface area contributed by atoms with Gasteiger partial charge in [-0.25, -0.2) is 0 Å². The van der Waals surface area contributed by atoms with Crippen LogP contribution in [0.4, 0.5) is 0 Å². The minimum absolute atomic E-state index is 0.426. The Morgan fingerprint density at radius 2 is 2.55 bits per heavy atom. The lowest BCUT2D eigenvalue weighted by molar-refractivity contribution is -0.113. The summed E-state index contributed by atoms with van der Waals surface area (Å²) in [5.41, 5.74) is 5.87. The number of amides is 1. The molecule has 1 heterocycles. The van der Waals surface area contributed by atoms with E-state index in [2.05, 4.69) is 4.99 Å². The molecule has 0 atom stereocenters. The van der Waals surface area contributed by atoms with Gasteiger partial charge in [0.2, 0.25) is 5.91 Å². The predicted octanol–water partition coefficient (Wildman–Crippen LogP) is 0.429. The van der Waals surface area contributed by atoms with E-state index in [9.17, 15) is 4.79 Å². The minimum Gasteiger partial charge on any atom is -0.366 e. The number of dihydropyridines is 1. The van der Waals surface area contributed by atoms with Crippen LogP contribution in [0.15, 0.2) is 28.8 Å². The van der Waals surface area contributed by atoms with Gasteiger partial charge in [0.25, 0.3) is 0 Å². The highest BCUT2D eigenvalue weighted by Crippen LogP contribution is 2.01. The van der Waals surface area contributed by atoms with Crippen molar-refractivity contribution in [3.05, 3.63) is 23.8 Å². The summed E-state index contributed by atoms with van der Waals surface area (Å²) in [4.78, 5) is 14.3. The first-order chi connectivity index (χ1) is 5.29. The van der Waals surface area contributed by atoms with Crippen LogP contribution in [0.3, 0.4) is 0 Å². The Bertz CT molecular complexity index is 238. The van der Waals surface area contributed by atoms with Crippen molar-refractivity contribution in [3.8, 4) is 0 Å². The van der Waals surface area contributed by atoms with Crippen LogP contribution in [0, 0.1) is 0 Å². The van der Waals surface area contributed by atoms with Gasteiger partial charge in [0.1, 0.15) is 0 Å². The fourth-order valence-electron chi connectivity index (χ4n) is 0.818. The molecule has 2 N–H and O–H groups in total. The third kappa shape index (κ3) is 2.80. The van der Waals surface area contributed by atoms with Gasteiger partial charge in [0.05, 0.1) is 0 Å². The molecule has 3 heteroatoms. The Morgan fingerprint density at radius 1 is 1.73 bits per heavy atom. The molecule has 0 fully saturated rings. The third-order valence-electron chi connectivity index (χ3n) is 1.32. The molecule has 0 aliphatic carbocycles. The number of aliphatic imine (C=N–C) groups is 1. The Hall–Kier alpha value is -1.38. The van der Waals surface area contributed by atoms with Crippen LogP contribution in [0.25, 0.3) is 0 Å². The third-order valence-corrected chi connectivity index (χ3v) is 1.32. The average molecular weight is 150 g/mol. The van der Waals surface area contributed by atoms with E-state index < -0.39 is 5.91 Å². The molecule has 0 bridgehead atoms. The molecule has 1 aliphatic heterocycles. The van der Waals surface area contributed by atoms with Gasteiger partial charge in [-0.2, -0.15) is 0 Å². The second-order valence-electron chi connectivity index (χ2n) is 2.26. The molecule has 0 saturated heterocycles. The molecular weight excluding hydrogens is 140 g/mol. The smallest absolute Gasteiger partial charge is 0.241 e.